The molecule has 0 N–H and O–H groups in total. The number of rotatable bonds is 13. The van der Waals surface area contributed by atoms with E-state index in [4.69, 9.17) is 0 Å². The maximum absolute atomic E-state index is 3.26. The quantitative estimate of drug-likeness (QED) is 0.250. The molecular weight excluding hydrogens is 284 g/mol. The average Bonchev–Trinajstić information content (AvgIpc) is 2.39. The van der Waals surface area contributed by atoms with Crippen LogP contribution in [0.5, 0.6) is 0 Å². The van der Waals surface area contributed by atoms with Gasteiger partial charge in [0.05, 0.1) is 0 Å². The summed E-state index contributed by atoms with van der Waals surface area (Å²) in [5.74, 6) is 0. The fourth-order valence-corrected chi connectivity index (χ4v) is 2.32. The molecule has 0 aromatic rings. The van der Waals surface area contributed by atoms with Gasteiger partial charge in [-0.15, -0.1) is 0 Å². The van der Waals surface area contributed by atoms with Crippen LogP contribution in [-0.2, 0) is 0 Å². The van der Waals surface area contributed by atoms with Crippen LogP contribution in [0.4, 0.5) is 0 Å². The summed E-state index contributed by atoms with van der Waals surface area (Å²) in [6, 6.07) is 0. The topological polar surface area (TPSA) is 0 Å². The average molecular weight is 315 g/mol. The highest BCUT2D eigenvalue weighted by Crippen LogP contribution is 2.11. The van der Waals surface area contributed by atoms with E-state index < -0.39 is 0 Å². The van der Waals surface area contributed by atoms with Crippen molar-refractivity contribution in [1.29, 1.82) is 0 Å². The molecular formula is C17H31Br. The van der Waals surface area contributed by atoms with Gasteiger partial charge in [0, 0.05) is 0 Å². The largest absolute Gasteiger partial charge is 0.0845 e. The Bertz CT molecular complexity index is 194. The van der Waals surface area contributed by atoms with Crippen LogP contribution >= 0.6 is 15.9 Å². The van der Waals surface area contributed by atoms with E-state index >= 15 is 0 Å². The zero-order valence-electron chi connectivity index (χ0n) is 12.2. The molecule has 0 unspecified atom stereocenters. The van der Waals surface area contributed by atoms with Gasteiger partial charge in [0.25, 0.3) is 0 Å². The Morgan fingerprint density at radius 3 is 1.67 bits per heavy atom. The predicted molar refractivity (Wildman–Crippen MR) is 88.3 cm³/mol. The molecule has 0 heterocycles. The maximum Gasteiger partial charge on any atom is -0.0189 e. The molecule has 106 valence electrons. The van der Waals surface area contributed by atoms with Gasteiger partial charge >= 0.3 is 0 Å². The van der Waals surface area contributed by atoms with Gasteiger partial charge in [-0.3, -0.25) is 0 Å². The summed E-state index contributed by atoms with van der Waals surface area (Å²) in [6.45, 7) is 2.28. The first-order valence-corrected chi connectivity index (χ1v) is 8.75. The monoisotopic (exact) mass is 314 g/mol. The molecule has 0 aliphatic heterocycles. The van der Waals surface area contributed by atoms with Crippen molar-refractivity contribution in [2.24, 2.45) is 0 Å². The first-order chi connectivity index (χ1) is 8.91. The lowest BCUT2D eigenvalue weighted by molar-refractivity contribution is 0.550. The van der Waals surface area contributed by atoms with E-state index in [2.05, 4.69) is 35.0 Å². The van der Waals surface area contributed by atoms with Crippen molar-refractivity contribution in [1.82, 2.24) is 0 Å². The minimum atomic E-state index is 1.23. The number of allylic oxidation sites excluding steroid dienone is 3. The summed E-state index contributed by atoms with van der Waals surface area (Å²) in [5, 5.41) is 0. The molecule has 0 rings (SSSR count). The first-order valence-electron chi connectivity index (χ1n) is 7.83. The Hall–Kier alpha value is -0.0400. The Morgan fingerprint density at radius 1 is 0.667 bits per heavy atom. The molecule has 0 spiro atoms. The van der Waals surface area contributed by atoms with Gasteiger partial charge in [0.1, 0.15) is 0 Å². The van der Waals surface area contributed by atoms with E-state index in [-0.39, 0.29) is 0 Å². The molecule has 0 saturated carbocycles. The normalized spacial score (nSPS) is 11.9. The van der Waals surface area contributed by atoms with E-state index in [1.54, 1.807) is 0 Å². The minimum absolute atomic E-state index is 1.23. The number of hydrogen-bond acceptors (Lipinski definition) is 0. The van der Waals surface area contributed by atoms with Gasteiger partial charge in [0.15, 0.2) is 0 Å². The smallest absolute Gasteiger partial charge is 0.0189 e. The van der Waals surface area contributed by atoms with Crippen LogP contribution in [0.2, 0.25) is 0 Å². The minimum Gasteiger partial charge on any atom is -0.0845 e. The highest BCUT2D eigenvalue weighted by atomic mass is 79.9. The highest BCUT2D eigenvalue weighted by molar-refractivity contribution is 9.11. The lowest BCUT2D eigenvalue weighted by Crippen LogP contribution is -1.81. The van der Waals surface area contributed by atoms with Crippen molar-refractivity contribution >= 4 is 15.9 Å². The fraction of sp³-hybridized carbons (Fsp3) is 0.765. The molecule has 0 aromatic heterocycles. The second-order valence-corrected chi connectivity index (χ2v) is 5.60. The van der Waals surface area contributed by atoms with E-state index in [9.17, 15) is 0 Å². The van der Waals surface area contributed by atoms with Crippen LogP contribution in [0.1, 0.15) is 84.0 Å². The summed E-state index contributed by atoms with van der Waals surface area (Å²) in [4.78, 5) is 1.89. The van der Waals surface area contributed by atoms with E-state index in [0.29, 0.717) is 0 Å². The molecule has 1 heteroatoms. The van der Waals surface area contributed by atoms with Crippen molar-refractivity contribution < 1.29 is 0 Å². The summed E-state index contributed by atoms with van der Waals surface area (Å²) in [6.07, 6.45) is 23.3. The van der Waals surface area contributed by atoms with Crippen LogP contribution in [0.15, 0.2) is 23.2 Å². The van der Waals surface area contributed by atoms with E-state index in [0.717, 1.165) is 0 Å². The standard InChI is InChI=1S/C17H31Br/c1-2-3-4-5-6-7-8-9-10-11-12-13-14-15-16-17-18/h14-17H,2-13H2,1H3/b15-14-,17-16-. The molecule has 0 amide bonds. The van der Waals surface area contributed by atoms with E-state index in [1.807, 2.05) is 11.1 Å². The zero-order chi connectivity index (χ0) is 13.3. The van der Waals surface area contributed by atoms with Gasteiger partial charge in [-0.05, 0) is 17.8 Å². The van der Waals surface area contributed by atoms with Crippen molar-refractivity contribution in [2.45, 2.75) is 84.0 Å². The fourth-order valence-electron chi connectivity index (χ4n) is 2.14. The molecule has 0 saturated heterocycles. The second-order valence-electron chi connectivity index (χ2n) is 5.07. The van der Waals surface area contributed by atoms with Crippen LogP contribution in [0.3, 0.4) is 0 Å². The van der Waals surface area contributed by atoms with Crippen molar-refractivity contribution in [3.05, 3.63) is 23.2 Å². The van der Waals surface area contributed by atoms with Crippen molar-refractivity contribution in [2.75, 3.05) is 0 Å². The van der Waals surface area contributed by atoms with Crippen LogP contribution in [-0.4, -0.2) is 0 Å². The Balaban J connectivity index is 2.98. The number of halogens is 1. The second kappa shape index (κ2) is 17.0. The molecule has 0 aromatic carbocycles. The number of unbranched alkanes of at least 4 members (excludes halogenated alkanes) is 11. The summed E-state index contributed by atoms with van der Waals surface area (Å²) in [7, 11) is 0. The Kier molecular flexibility index (Phi) is 16.9. The molecule has 18 heavy (non-hydrogen) atoms. The molecule has 0 bridgehead atoms. The first kappa shape index (κ1) is 18.0. The summed E-state index contributed by atoms with van der Waals surface area (Å²) in [5.41, 5.74) is 0. The zero-order valence-corrected chi connectivity index (χ0v) is 13.8. The molecule has 0 aliphatic rings. The Morgan fingerprint density at radius 2 is 1.17 bits per heavy atom. The predicted octanol–water partition coefficient (Wildman–Crippen LogP) is 7.15. The summed E-state index contributed by atoms with van der Waals surface area (Å²) < 4.78 is 0. The van der Waals surface area contributed by atoms with Crippen molar-refractivity contribution in [3.8, 4) is 0 Å². The third kappa shape index (κ3) is 16.0. The third-order valence-electron chi connectivity index (χ3n) is 3.29. The van der Waals surface area contributed by atoms with Crippen LogP contribution in [0, 0.1) is 0 Å². The van der Waals surface area contributed by atoms with Gasteiger partial charge in [-0.1, -0.05) is 105 Å². The highest BCUT2D eigenvalue weighted by Gasteiger charge is 1.92. The lowest BCUT2D eigenvalue weighted by Gasteiger charge is -2.01. The van der Waals surface area contributed by atoms with Gasteiger partial charge in [-0.25, -0.2) is 0 Å². The third-order valence-corrected chi connectivity index (χ3v) is 3.60. The molecule has 0 fully saturated rings. The van der Waals surface area contributed by atoms with Gasteiger partial charge in [-0.2, -0.15) is 0 Å². The van der Waals surface area contributed by atoms with Crippen LogP contribution in [0.25, 0.3) is 0 Å². The molecule has 0 radical (unpaired) electrons. The molecule has 0 atom stereocenters. The van der Waals surface area contributed by atoms with Crippen LogP contribution < -0.4 is 0 Å². The number of hydrogen-bond donors (Lipinski definition) is 0. The molecule has 0 nitrogen and oxygen atoms in total. The van der Waals surface area contributed by atoms with Gasteiger partial charge < -0.3 is 0 Å². The summed E-state index contributed by atoms with van der Waals surface area (Å²) >= 11 is 3.26. The van der Waals surface area contributed by atoms with Crippen molar-refractivity contribution in [3.63, 3.8) is 0 Å². The lowest BCUT2D eigenvalue weighted by atomic mass is 10.1. The Labute approximate surface area is 123 Å². The van der Waals surface area contributed by atoms with Gasteiger partial charge in [0.2, 0.25) is 0 Å². The van der Waals surface area contributed by atoms with E-state index in [1.165, 1.54) is 77.0 Å². The maximum atomic E-state index is 3.26. The molecule has 0 aliphatic carbocycles. The SMILES string of the molecule is CCCCCCCCCCCCC/C=C\C=C/Br.